The zero-order valence-corrected chi connectivity index (χ0v) is 16.1. The van der Waals surface area contributed by atoms with Gasteiger partial charge in [-0.05, 0) is 30.5 Å². The molecule has 0 aliphatic carbocycles. The first-order chi connectivity index (χ1) is 13.2. The highest BCUT2D eigenvalue weighted by atomic mass is 32.2. The summed E-state index contributed by atoms with van der Waals surface area (Å²) in [5.41, 5.74) is 2.03. The molecule has 2 amide bonds. The van der Waals surface area contributed by atoms with Gasteiger partial charge in [0.05, 0.1) is 10.9 Å². The van der Waals surface area contributed by atoms with Crippen molar-refractivity contribution in [2.75, 3.05) is 13.6 Å². The first-order valence-corrected chi connectivity index (χ1v) is 9.91. The fourth-order valence-corrected chi connectivity index (χ4v) is 4.10. The monoisotopic (exact) mass is 381 g/mol. The molecule has 1 saturated heterocycles. The fraction of sp³-hybridized carbons (Fsp3) is 0.286. The Morgan fingerprint density at radius 3 is 2.48 bits per heavy atom. The minimum Gasteiger partial charge on any atom is -0.358 e. The Labute approximate surface area is 163 Å². The number of rotatable bonds is 6. The van der Waals surface area contributed by atoms with Gasteiger partial charge in [0, 0.05) is 20.0 Å². The minimum atomic E-state index is -0.435. The van der Waals surface area contributed by atoms with Gasteiger partial charge in [-0.1, -0.05) is 60.3 Å². The van der Waals surface area contributed by atoms with Crippen molar-refractivity contribution in [2.45, 2.75) is 24.5 Å². The summed E-state index contributed by atoms with van der Waals surface area (Å²) in [6.07, 6.45) is 1.94. The number of aliphatic imine (C=N–C) groups is 1. The summed E-state index contributed by atoms with van der Waals surface area (Å²) < 4.78 is 0. The number of para-hydroxylation sites is 1. The van der Waals surface area contributed by atoms with Crippen LogP contribution in [0.25, 0.3) is 0 Å². The molecule has 6 heteroatoms. The predicted octanol–water partition coefficient (Wildman–Crippen LogP) is 3.39. The van der Waals surface area contributed by atoms with Gasteiger partial charge in [0.1, 0.15) is 0 Å². The standard InChI is InChI=1S/C21H23N3O2S/c1-22-20(26)18-15-19(25)24(14-8-11-16-9-4-2-5-10-16)21(27-18)23-17-12-6-3-7-13-17/h2-7,9-10,12-13,18H,8,11,14-15H2,1H3,(H,22,26)/t18-/m1/s1. The summed E-state index contributed by atoms with van der Waals surface area (Å²) in [6, 6.07) is 19.7. The Hall–Kier alpha value is -2.60. The molecule has 0 spiro atoms. The van der Waals surface area contributed by atoms with Crippen molar-refractivity contribution in [2.24, 2.45) is 4.99 Å². The summed E-state index contributed by atoms with van der Waals surface area (Å²) in [5, 5.41) is 2.80. The fourth-order valence-electron chi connectivity index (χ4n) is 2.92. The lowest BCUT2D eigenvalue weighted by molar-refractivity contribution is -0.130. The molecule has 5 nitrogen and oxygen atoms in total. The SMILES string of the molecule is CNC(=O)[C@H]1CC(=O)N(CCCc2ccccc2)C(=Nc2ccccc2)S1. The average molecular weight is 382 g/mol. The quantitative estimate of drug-likeness (QED) is 0.834. The van der Waals surface area contributed by atoms with Crippen LogP contribution < -0.4 is 5.32 Å². The summed E-state index contributed by atoms with van der Waals surface area (Å²) in [4.78, 5) is 31.1. The second-order valence-corrected chi connectivity index (χ2v) is 7.46. The number of nitrogens with one attached hydrogen (secondary N) is 1. The van der Waals surface area contributed by atoms with E-state index in [2.05, 4.69) is 22.4 Å². The summed E-state index contributed by atoms with van der Waals surface area (Å²) >= 11 is 1.36. The average Bonchev–Trinajstić information content (AvgIpc) is 2.70. The zero-order chi connectivity index (χ0) is 19.1. The molecule has 1 fully saturated rings. The van der Waals surface area contributed by atoms with Crippen molar-refractivity contribution in [3.63, 3.8) is 0 Å². The Morgan fingerprint density at radius 1 is 1.15 bits per heavy atom. The molecule has 1 heterocycles. The van der Waals surface area contributed by atoms with E-state index in [4.69, 9.17) is 0 Å². The predicted molar refractivity (Wildman–Crippen MR) is 110 cm³/mol. The summed E-state index contributed by atoms with van der Waals surface area (Å²) in [7, 11) is 1.59. The number of benzene rings is 2. The van der Waals surface area contributed by atoms with Crippen molar-refractivity contribution in [3.05, 3.63) is 66.2 Å². The van der Waals surface area contributed by atoms with Crippen LogP contribution in [0, 0.1) is 0 Å². The van der Waals surface area contributed by atoms with Gasteiger partial charge in [-0.15, -0.1) is 0 Å². The number of amides is 2. The zero-order valence-electron chi connectivity index (χ0n) is 15.3. The number of carbonyl (C=O) groups is 2. The molecule has 0 unspecified atom stereocenters. The van der Waals surface area contributed by atoms with E-state index in [1.165, 1.54) is 17.3 Å². The third-order valence-corrected chi connectivity index (χ3v) is 5.54. The van der Waals surface area contributed by atoms with Crippen LogP contribution in [0.5, 0.6) is 0 Å². The van der Waals surface area contributed by atoms with Crippen LogP contribution in [-0.4, -0.2) is 40.7 Å². The van der Waals surface area contributed by atoms with Gasteiger partial charge in [-0.25, -0.2) is 4.99 Å². The van der Waals surface area contributed by atoms with E-state index in [9.17, 15) is 9.59 Å². The number of hydrogen-bond acceptors (Lipinski definition) is 4. The second kappa shape index (κ2) is 9.37. The molecule has 140 valence electrons. The molecule has 1 aliphatic heterocycles. The minimum absolute atomic E-state index is 0.0508. The van der Waals surface area contributed by atoms with E-state index in [1.54, 1.807) is 11.9 Å². The number of aryl methyl sites for hydroxylation is 1. The molecule has 1 atom stereocenters. The lowest BCUT2D eigenvalue weighted by atomic mass is 10.1. The first-order valence-electron chi connectivity index (χ1n) is 9.03. The number of carbonyl (C=O) groups excluding carboxylic acids is 2. The highest BCUT2D eigenvalue weighted by Crippen LogP contribution is 2.29. The van der Waals surface area contributed by atoms with Crippen LogP contribution in [0.3, 0.4) is 0 Å². The molecule has 2 aromatic carbocycles. The molecule has 0 radical (unpaired) electrons. The van der Waals surface area contributed by atoms with E-state index in [0.29, 0.717) is 11.7 Å². The molecule has 2 aromatic rings. The smallest absolute Gasteiger partial charge is 0.233 e. The maximum absolute atomic E-state index is 12.7. The molecule has 0 aromatic heterocycles. The van der Waals surface area contributed by atoms with Crippen LogP contribution in [0.1, 0.15) is 18.4 Å². The molecular formula is C21H23N3O2S. The third kappa shape index (κ3) is 5.20. The Kier molecular flexibility index (Phi) is 6.65. The normalized spacial score (nSPS) is 18.6. The molecule has 0 bridgehead atoms. The maximum atomic E-state index is 12.7. The summed E-state index contributed by atoms with van der Waals surface area (Å²) in [6.45, 7) is 0.590. The largest absolute Gasteiger partial charge is 0.358 e. The van der Waals surface area contributed by atoms with Gasteiger partial charge in [0.15, 0.2) is 5.17 Å². The van der Waals surface area contributed by atoms with Crippen molar-refractivity contribution in [1.82, 2.24) is 10.2 Å². The Morgan fingerprint density at radius 2 is 1.81 bits per heavy atom. The number of hydrogen-bond donors (Lipinski definition) is 1. The van der Waals surface area contributed by atoms with Crippen molar-refractivity contribution < 1.29 is 9.59 Å². The topological polar surface area (TPSA) is 61.8 Å². The van der Waals surface area contributed by atoms with Crippen molar-refractivity contribution >= 4 is 34.4 Å². The van der Waals surface area contributed by atoms with Crippen LogP contribution in [0.4, 0.5) is 5.69 Å². The third-order valence-electron chi connectivity index (χ3n) is 4.35. The lowest BCUT2D eigenvalue weighted by Gasteiger charge is -2.31. The number of nitrogens with zero attached hydrogens (tertiary/aromatic N) is 2. The second-order valence-electron chi connectivity index (χ2n) is 6.29. The number of amidine groups is 1. The van der Waals surface area contributed by atoms with Crippen LogP contribution in [0.2, 0.25) is 0 Å². The maximum Gasteiger partial charge on any atom is 0.233 e. The lowest BCUT2D eigenvalue weighted by Crippen LogP contribution is -2.46. The molecule has 27 heavy (non-hydrogen) atoms. The van der Waals surface area contributed by atoms with Crippen molar-refractivity contribution in [3.8, 4) is 0 Å². The van der Waals surface area contributed by atoms with Gasteiger partial charge >= 0.3 is 0 Å². The van der Waals surface area contributed by atoms with Gasteiger partial charge in [0.25, 0.3) is 0 Å². The van der Waals surface area contributed by atoms with Crippen molar-refractivity contribution in [1.29, 1.82) is 0 Å². The Balaban J connectivity index is 1.75. The van der Waals surface area contributed by atoms with Gasteiger partial charge < -0.3 is 5.32 Å². The van der Waals surface area contributed by atoms with Crippen LogP contribution >= 0.6 is 11.8 Å². The molecular weight excluding hydrogens is 358 g/mol. The highest BCUT2D eigenvalue weighted by Gasteiger charge is 2.35. The Bertz CT molecular complexity index is 809. The van der Waals surface area contributed by atoms with Crippen LogP contribution in [-0.2, 0) is 16.0 Å². The van der Waals surface area contributed by atoms with Gasteiger partial charge in [0.2, 0.25) is 11.8 Å². The van der Waals surface area contributed by atoms with E-state index < -0.39 is 5.25 Å². The molecule has 1 N–H and O–H groups in total. The highest BCUT2D eigenvalue weighted by molar-refractivity contribution is 8.15. The van der Waals surface area contributed by atoms with Gasteiger partial charge in [-0.3, -0.25) is 14.5 Å². The first kappa shape index (κ1) is 19.2. The van der Waals surface area contributed by atoms with E-state index in [0.717, 1.165) is 18.5 Å². The van der Waals surface area contributed by atoms with Crippen LogP contribution in [0.15, 0.2) is 65.7 Å². The van der Waals surface area contributed by atoms with E-state index in [1.807, 2.05) is 48.5 Å². The molecule has 3 rings (SSSR count). The summed E-state index contributed by atoms with van der Waals surface area (Å²) in [5.74, 6) is -0.192. The molecule has 0 saturated carbocycles. The molecule has 1 aliphatic rings. The van der Waals surface area contributed by atoms with E-state index >= 15 is 0 Å². The van der Waals surface area contributed by atoms with Gasteiger partial charge in [-0.2, -0.15) is 0 Å². The van der Waals surface area contributed by atoms with E-state index in [-0.39, 0.29) is 18.2 Å². The number of thioether (sulfide) groups is 1.